The Hall–Kier alpha value is -2.17. The molecule has 0 fully saturated rings. The molecule has 0 atom stereocenters. The molecule has 1 amide bonds. The minimum atomic E-state index is -3.74. The quantitative estimate of drug-likeness (QED) is 0.594. The van der Waals surface area contributed by atoms with E-state index in [4.69, 9.17) is 10.5 Å². The predicted molar refractivity (Wildman–Crippen MR) is 105 cm³/mol. The van der Waals surface area contributed by atoms with Gasteiger partial charge >= 0.3 is 0 Å². The molecule has 10 heteroatoms. The number of sulfonamides is 1. The van der Waals surface area contributed by atoms with Gasteiger partial charge in [0.2, 0.25) is 0 Å². The van der Waals surface area contributed by atoms with Crippen molar-refractivity contribution in [2.45, 2.75) is 17.6 Å². The molecule has 2 aromatic rings. The minimum absolute atomic E-state index is 0.118. The Bertz CT molecular complexity index is 923. The fourth-order valence-corrected chi connectivity index (χ4v) is 4.77. The van der Waals surface area contributed by atoms with Gasteiger partial charge in [-0.15, -0.1) is 11.3 Å². The van der Waals surface area contributed by atoms with E-state index in [1.54, 1.807) is 18.2 Å². The van der Waals surface area contributed by atoms with Gasteiger partial charge in [0, 0.05) is 11.4 Å². The Kier molecular flexibility index (Phi) is 6.57. The third kappa shape index (κ3) is 5.16. The average molecular weight is 414 g/mol. The standard InChI is InChI=1S/C16H19N3O4S3/c1-10-3-5-13(23-2)12(9-10)15(20)18-8-7-11-4-6-14(25-11)26(21,22)19-16(17)24/h3-6,9H,7-8H2,1-2H3,(H,18,20)(H3,17,19,24). The van der Waals surface area contributed by atoms with Crippen LogP contribution < -0.4 is 20.5 Å². The van der Waals surface area contributed by atoms with Crippen LogP contribution in [0, 0.1) is 6.92 Å². The number of benzene rings is 1. The zero-order chi connectivity index (χ0) is 19.3. The first kappa shape index (κ1) is 20.1. The molecule has 7 nitrogen and oxygen atoms in total. The maximum absolute atomic E-state index is 12.3. The lowest BCUT2D eigenvalue weighted by Gasteiger charge is -2.10. The van der Waals surface area contributed by atoms with Gasteiger partial charge in [0.05, 0.1) is 12.7 Å². The summed E-state index contributed by atoms with van der Waals surface area (Å²) in [5.41, 5.74) is 6.63. The molecular weight excluding hydrogens is 394 g/mol. The van der Waals surface area contributed by atoms with Gasteiger partial charge in [0.15, 0.2) is 5.11 Å². The average Bonchev–Trinajstić information content (AvgIpc) is 3.03. The fourth-order valence-electron chi connectivity index (χ4n) is 2.21. The highest BCUT2D eigenvalue weighted by molar-refractivity contribution is 7.93. The molecule has 0 saturated carbocycles. The number of carbonyl (C=O) groups excluding carboxylic acids is 1. The number of amides is 1. The number of carbonyl (C=O) groups is 1. The van der Waals surface area contributed by atoms with Gasteiger partial charge in [-0.3, -0.25) is 9.52 Å². The number of hydrogen-bond donors (Lipinski definition) is 3. The zero-order valence-corrected chi connectivity index (χ0v) is 16.7. The molecule has 0 aliphatic carbocycles. The first-order valence-electron chi connectivity index (χ1n) is 7.56. The second-order valence-electron chi connectivity index (χ2n) is 5.40. The van der Waals surface area contributed by atoms with Crippen molar-refractivity contribution in [3.63, 3.8) is 0 Å². The van der Waals surface area contributed by atoms with Gasteiger partial charge in [0.1, 0.15) is 9.96 Å². The second-order valence-corrected chi connectivity index (χ2v) is 8.92. The van der Waals surface area contributed by atoms with Crippen molar-refractivity contribution in [3.05, 3.63) is 46.3 Å². The van der Waals surface area contributed by atoms with E-state index in [9.17, 15) is 13.2 Å². The smallest absolute Gasteiger partial charge is 0.273 e. The summed E-state index contributed by atoms with van der Waals surface area (Å²) in [6.07, 6.45) is 0.493. The van der Waals surface area contributed by atoms with Crippen molar-refractivity contribution in [1.82, 2.24) is 10.0 Å². The van der Waals surface area contributed by atoms with Crippen LogP contribution in [0.4, 0.5) is 0 Å². The van der Waals surface area contributed by atoms with Crippen LogP contribution >= 0.6 is 23.6 Å². The van der Waals surface area contributed by atoms with Crippen LogP contribution in [0.2, 0.25) is 0 Å². The highest BCUT2D eigenvalue weighted by atomic mass is 32.2. The highest BCUT2D eigenvalue weighted by Crippen LogP contribution is 2.22. The molecule has 1 heterocycles. The SMILES string of the molecule is COc1ccc(C)cc1C(=O)NCCc1ccc(S(=O)(=O)NC(N)=S)s1. The topological polar surface area (TPSA) is 111 Å². The van der Waals surface area contributed by atoms with E-state index in [-0.39, 0.29) is 15.2 Å². The fraction of sp³-hybridized carbons (Fsp3) is 0.250. The summed E-state index contributed by atoms with van der Waals surface area (Å²) in [5, 5.41) is 2.51. The number of ether oxygens (including phenoxy) is 1. The summed E-state index contributed by atoms with van der Waals surface area (Å²) < 4.78 is 31.3. The number of methoxy groups -OCH3 is 1. The molecule has 4 N–H and O–H groups in total. The molecule has 0 radical (unpaired) electrons. The van der Waals surface area contributed by atoms with E-state index in [0.717, 1.165) is 21.8 Å². The van der Waals surface area contributed by atoms with Crippen molar-refractivity contribution >= 4 is 44.6 Å². The van der Waals surface area contributed by atoms with Crippen LogP contribution in [0.5, 0.6) is 5.75 Å². The molecular formula is C16H19N3O4S3. The molecule has 2 rings (SSSR count). The van der Waals surface area contributed by atoms with Crippen molar-refractivity contribution in [1.29, 1.82) is 0 Å². The maximum atomic E-state index is 12.3. The Morgan fingerprint density at radius 3 is 2.69 bits per heavy atom. The molecule has 0 aliphatic heterocycles. The number of thiocarbonyl (C=S) groups is 1. The van der Waals surface area contributed by atoms with Gasteiger partial charge in [-0.1, -0.05) is 11.6 Å². The molecule has 0 bridgehead atoms. The number of nitrogens with two attached hydrogens (primary N) is 1. The van der Waals surface area contributed by atoms with Gasteiger partial charge in [-0.05, 0) is 49.8 Å². The third-order valence-corrected chi connectivity index (χ3v) is 6.63. The van der Waals surface area contributed by atoms with Crippen molar-refractivity contribution in [3.8, 4) is 5.75 Å². The van der Waals surface area contributed by atoms with E-state index >= 15 is 0 Å². The maximum Gasteiger partial charge on any atom is 0.273 e. The van der Waals surface area contributed by atoms with E-state index in [1.807, 2.05) is 13.0 Å². The van der Waals surface area contributed by atoms with Crippen LogP contribution in [-0.2, 0) is 16.4 Å². The summed E-state index contributed by atoms with van der Waals surface area (Å²) in [4.78, 5) is 13.1. The van der Waals surface area contributed by atoms with Crippen LogP contribution in [0.15, 0.2) is 34.5 Å². The van der Waals surface area contributed by atoms with E-state index in [0.29, 0.717) is 24.3 Å². The monoisotopic (exact) mass is 413 g/mol. The van der Waals surface area contributed by atoms with E-state index in [2.05, 4.69) is 22.3 Å². The molecule has 0 unspecified atom stereocenters. The van der Waals surface area contributed by atoms with Crippen LogP contribution in [0.25, 0.3) is 0 Å². The Balaban J connectivity index is 1.98. The summed E-state index contributed by atoms with van der Waals surface area (Å²) in [6.45, 7) is 2.25. The van der Waals surface area contributed by atoms with Crippen molar-refractivity contribution in [2.75, 3.05) is 13.7 Å². The highest BCUT2D eigenvalue weighted by Gasteiger charge is 2.17. The Morgan fingerprint density at radius 2 is 2.04 bits per heavy atom. The summed E-state index contributed by atoms with van der Waals surface area (Å²) in [6, 6.07) is 8.54. The Labute approximate surface area is 161 Å². The first-order valence-corrected chi connectivity index (χ1v) is 10.3. The molecule has 1 aromatic heterocycles. The number of rotatable bonds is 7. The Morgan fingerprint density at radius 1 is 1.31 bits per heavy atom. The molecule has 1 aromatic carbocycles. The zero-order valence-electron chi connectivity index (χ0n) is 14.2. The van der Waals surface area contributed by atoms with Crippen LogP contribution in [0.1, 0.15) is 20.8 Å². The van der Waals surface area contributed by atoms with Crippen molar-refractivity contribution < 1.29 is 17.9 Å². The molecule has 0 spiro atoms. The van der Waals surface area contributed by atoms with Crippen LogP contribution in [0.3, 0.4) is 0 Å². The molecule has 140 valence electrons. The lowest BCUT2D eigenvalue weighted by molar-refractivity contribution is 0.0951. The lowest BCUT2D eigenvalue weighted by atomic mass is 10.1. The summed E-state index contributed by atoms with van der Waals surface area (Å²) >= 11 is 5.66. The predicted octanol–water partition coefficient (Wildman–Crippen LogP) is 1.56. The normalized spacial score (nSPS) is 11.0. The van der Waals surface area contributed by atoms with E-state index < -0.39 is 10.0 Å². The first-order chi connectivity index (χ1) is 12.2. The van der Waals surface area contributed by atoms with Crippen molar-refractivity contribution in [2.24, 2.45) is 5.73 Å². The summed E-state index contributed by atoms with van der Waals surface area (Å²) in [7, 11) is -2.23. The largest absolute Gasteiger partial charge is 0.496 e. The lowest BCUT2D eigenvalue weighted by Crippen LogP contribution is -2.34. The van der Waals surface area contributed by atoms with Gasteiger partial charge < -0.3 is 15.8 Å². The molecule has 26 heavy (non-hydrogen) atoms. The molecule has 0 saturated heterocycles. The number of nitrogens with one attached hydrogen (secondary N) is 2. The number of hydrogen-bond acceptors (Lipinski definition) is 6. The minimum Gasteiger partial charge on any atom is -0.496 e. The third-order valence-electron chi connectivity index (χ3n) is 3.39. The number of thiophene rings is 1. The van der Waals surface area contributed by atoms with Gasteiger partial charge in [0.25, 0.3) is 15.9 Å². The second kappa shape index (κ2) is 8.47. The van der Waals surface area contributed by atoms with Gasteiger partial charge in [-0.2, -0.15) is 0 Å². The summed E-state index contributed by atoms with van der Waals surface area (Å²) in [5.74, 6) is 0.256. The van der Waals surface area contributed by atoms with Crippen LogP contribution in [-0.4, -0.2) is 33.1 Å². The molecule has 0 aliphatic rings. The van der Waals surface area contributed by atoms with E-state index in [1.165, 1.54) is 13.2 Å². The number of aryl methyl sites for hydroxylation is 1. The van der Waals surface area contributed by atoms with Gasteiger partial charge in [-0.25, -0.2) is 8.42 Å².